The maximum absolute atomic E-state index is 15.0. The summed E-state index contributed by atoms with van der Waals surface area (Å²) in [5.74, 6) is -1.50. The molecule has 1 aliphatic heterocycles. The summed E-state index contributed by atoms with van der Waals surface area (Å²) in [5.41, 5.74) is 1.58. The number of ether oxygens (including phenoxy) is 1. The molecular formula is C25H25ClFN3O4. The SMILES string of the molecule is CCOC(=O)C1CCN(c2nn(C(=O)c3c(Cl)cccc3C3CC3)c3cccc(F)c23)C[C@H]1O. The van der Waals surface area contributed by atoms with E-state index in [-0.39, 0.29) is 30.3 Å². The first-order valence-electron chi connectivity index (χ1n) is 11.5. The summed E-state index contributed by atoms with van der Waals surface area (Å²) >= 11 is 6.45. The van der Waals surface area contributed by atoms with Gasteiger partial charge in [0.05, 0.1) is 40.1 Å². The largest absolute Gasteiger partial charge is 0.466 e. The van der Waals surface area contributed by atoms with Gasteiger partial charge >= 0.3 is 5.97 Å². The van der Waals surface area contributed by atoms with Gasteiger partial charge in [-0.2, -0.15) is 4.68 Å². The van der Waals surface area contributed by atoms with Crippen molar-refractivity contribution in [1.82, 2.24) is 9.78 Å². The summed E-state index contributed by atoms with van der Waals surface area (Å²) in [6.07, 6.45) is 1.31. The van der Waals surface area contributed by atoms with Gasteiger partial charge in [0.15, 0.2) is 5.82 Å². The van der Waals surface area contributed by atoms with Crippen molar-refractivity contribution in [2.75, 3.05) is 24.6 Å². The van der Waals surface area contributed by atoms with Crippen LogP contribution in [0.3, 0.4) is 0 Å². The summed E-state index contributed by atoms with van der Waals surface area (Å²) in [4.78, 5) is 27.6. The fourth-order valence-electron chi connectivity index (χ4n) is 4.74. The van der Waals surface area contributed by atoms with Crippen LogP contribution < -0.4 is 4.90 Å². The first-order chi connectivity index (χ1) is 16.4. The number of nitrogens with zero attached hydrogens (tertiary/aromatic N) is 3. The first-order valence-corrected chi connectivity index (χ1v) is 11.9. The van der Waals surface area contributed by atoms with Gasteiger partial charge in [-0.15, -0.1) is 5.10 Å². The maximum atomic E-state index is 15.0. The van der Waals surface area contributed by atoms with Crippen LogP contribution in [0.4, 0.5) is 10.2 Å². The zero-order valence-corrected chi connectivity index (χ0v) is 19.5. The third-order valence-corrected chi connectivity index (χ3v) is 6.89. The zero-order valence-electron chi connectivity index (χ0n) is 18.7. The third-order valence-electron chi connectivity index (χ3n) is 6.58. The van der Waals surface area contributed by atoms with Crippen LogP contribution in [-0.2, 0) is 9.53 Å². The van der Waals surface area contributed by atoms with Gasteiger partial charge in [-0.05, 0) is 55.9 Å². The van der Waals surface area contributed by atoms with Gasteiger partial charge < -0.3 is 14.7 Å². The van der Waals surface area contributed by atoms with E-state index >= 15 is 4.39 Å². The van der Waals surface area contributed by atoms with Crippen LogP contribution in [0.25, 0.3) is 10.9 Å². The Morgan fingerprint density at radius 2 is 1.97 bits per heavy atom. The number of fused-ring (bicyclic) bond motifs is 1. The molecular weight excluding hydrogens is 461 g/mol. The molecule has 0 radical (unpaired) electrons. The number of aliphatic hydroxyl groups excluding tert-OH is 1. The lowest BCUT2D eigenvalue weighted by atomic mass is 9.94. The number of carbonyl (C=O) groups is 2. The molecule has 9 heteroatoms. The molecule has 0 bridgehead atoms. The molecule has 2 heterocycles. The van der Waals surface area contributed by atoms with Crippen molar-refractivity contribution in [3.8, 4) is 0 Å². The predicted molar refractivity (Wildman–Crippen MR) is 126 cm³/mol. The molecule has 7 nitrogen and oxygen atoms in total. The topological polar surface area (TPSA) is 84.7 Å². The molecule has 0 amide bonds. The molecule has 34 heavy (non-hydrogen) atoms. The fourth-order valence-corrected chi connectivity index (χ4v) is 5.00. The Morgan fingerprint density at radius 3 is 2.68 bits per heavy atom. The normalized spacial score (nSPS) is 20.5. The number of piperidine rings is 1. The smallest absolute Gasteiger partial charge is 0.311 e. The second-order valence-electron chi connectivity index (χ2n) is 8.81. The Morgan fingerprint density at radius 1 is 1.21 bits per heavy atom. The fraction of sp³-hybridized carbons (Fsp3) is 0.400. The average molecular weight is 486 g/mol. The highest BCUT2D eigenvalue weighted by Gasteiger charge is 2.37. The highest BCUT2D eigenvalue weighted by Crippen LogP contribution is 2.43. The Balaban J connectivity index is 1.54. The third kappa shape index (κ3) is 3.95. The van der Waals surface area contributed by atoms with Gasteiger partial charge in [0.25, 0.3) is 5.91 Å². The van der Waals surface area contributed by atoms with E-state index in [4.69, 9.17) is 16.3 Å². The molecule has 2 atom stereocenters. The predicted octanol–water partition coefficient (Wildman–Crippen LogP) is 4.15. The molecule has 2 aromatic carbocycles. The van der Waals surface area contributed by atoms with E-state index in [0.717, 1.165) is 18.4 Å². The van der Waals surface area contributed by atoms with Gasteiger partial charge in [-0.3, -0.25) is 9.59 Å². The standard InChI is InChI=1S/C25H25ClFN3O4/c1-2-34-25(33)16-11-12-29(13-20(16)31)23-22-18(27)7-4-8-19(22)30(28-23)24(32)21-15(14-9-10-14)5-3-6-17(21)26/h3-8,14,16,20,31H,2,9-13H2,1H3/t16?,20-/m1/s1. The average Bonchev–Trinajstić information content (AvgIpc) is 3.58. The Kier molecular flexibility index (Phi) is 6.04. The van der Waals surface area contributed by atoms with E-state index in [9.17, 15) is 14.7 Å². The summed E-state index contributed by atoms with van der Waals surface area (Å²) in [5, 5.41) is 15.7. The van der Waals surface area contributed by atoms with Gasteiger partial charge in [-0.25, -0.2) is 4.39 Å². The van der Waals surface area contributed by atoms with E-state index < -0.39 is 29.7 Å². The number of aliphatic hydroxyl groups is 1. The van der Waals surface area contributed by atoms with E-state index in [1.54, 1.807) is 24.0 Å². The molecule has 0 spiro atoms. The van der Waals surface area contributed by atoms with Crippen molar-refractivity contribution >= 4 is 40.2 Å². The molecule has 2 aliphatic rings. The van der Waals surface area contributed by atoms with Crippen molar-refractivity contribution in [3.63, 3.8) is 0 Å². The molecule has 1 aromatic heterocycles. The lowest BCUT2D eigenvalue weighted by molar-refractivity contribution is -0.152. The minimum atomic E-state index is -1.000. The van der Waals surface area contributed by atoms with Gasteiger partial charge in [0.1, 0.15) is 5.82 Å². The summed E-state index contributed by atoms with van der Waals surface area (Å²) in [6, 6.07) is 9.89. The molecule has 1 saturated carbocycles. The van der Waals surface area contributed by atoms with E-state index in [1.807, 2.05) is 12.1 Å². The van der Waals surface area contributed by atoms with Gasteiger partial charge in [0, 0.05) is 13.1 Å². The molecule has 1 aliphatic carbocycles. The van der Waals surface area contributed by atoms with Crippen LogP contribution in [0, 0.1) is 11.7 Å². The van der Waals surface area contributed by atoms with Crippen LogP contribution >= 0.6 is 11.6 Å². The summed E-state index contributed by atoms with van der Waals surface area (Å²) in [7, 11) is 0. The highest BCUT2D eigenvalue weighted by molar-refractivity contribution is 6.34. The monoisotopic (exact) mass is 485 g/mol. The molecule has 5 rings (SSSR count). The van der Waals surface area contributed by atoms with Crippen molar-refractivity contribution < 1.29 is 23.8 Å². The Bertz CT molecular complexity index is 1270. The second-order valence-corrected chi connectivity index (χ2v) is 9.22. The Labute approximate surface area is 201 Å². The maximum Gasteiger partial charge on any atom is 0.311 e. The number of hydrogen-bond acceptors (Lipinski definition) is 6. The minimum absolute atomic E-state index is 0.0670. The number of anilines is 1. The lowest BCUT2D eigenvalue weighted by Gasteiger charge is -2.34. The van der Waals surface area contributed by atoms with Gasteiger partial charge in [-0.1, -0.05) is 29.8 Å². The molecule has 3 aromatic rings. The number of carbonyl (C=O) groups excluding carboxylic acids is 2. The summed E-state index contributed by atoms with van der Waals surface area (Å²) in [6.45, 7) is 2.37. The van der Waals surface area contributed by atoms with E-state index in [0.29, 0.717) is 29.1 Å². The van der Waals surface area contributed by atoms with Crippen LogP contribution in [0.15, 0.2) is 36.4 Å². The van der Waals surface area contributed by atoms with Crippen molar-refractivity contribution in [1.29, 1.82) is 0 Å². The zero-order chi connectivity index (χ0) is 24.0. The molecule has 1 unspecified atom stereocenters. The van der Waals surface area contributed by atoms with Crippen LogP contribution in [-0.4, -0.2) is 52.6 Å². The number of esters is 1. The molecule has 1 saturated heterocycles. The van der Waals surface area contributed by atoms with E-state index in [1.165, 1.54) is 16.8 Å². The quantitative estimate of drug-likeness (QED) is 0.547. The minimum Gasteiger partial charge on any atom is -0.466 e. The number of halogens is 2. The van der Waals surface area contributed by atoms with Gasteiger partial charge in [0.2, 0.25) is 0 Å². The summed E-state index contributed by atoms with van der Waals surface area (Å²) < 4.78 is 21.3. The van der Waals surface area contributed by atoms with Crippen molar-refractivity contribution in [2.24, 2.45) is 5.92 Å². The number of benzene rings is 2. The Hall–Kier alpha value is -2.97. The van der Waals surface area contributed by atoms with Crippen LogP contribution in [0.2, 0.25) is 5.02 Å². The molecule has 1 N–H and O–H groups in total. The van der Waals surface area contributed by atoms with Crippen LogP contribution in [0.5, 0.6) is 0 Å². The van der Waals surface area contributed by atoms with Crippen molar-refractivity contribution in [2.45, 2.75) is 38.2 Å². The lowest BCUT2D eigenvalue weighted by Crippen LogP contribution is -2.47. The highest BCUT2D eigenvalue weighted by atomic mass is 35.5. The number of aromatic nitrogens is 2. The van der Waals surface area contributed by atoms with Crippen molar-refractivity contribution in [3.05, 3.63) is 58.4 Å². The number of β-amino-alcohol motifs (C(OH)–C–C–N with tert-alkyl or cyclic N) is 1. The molecule has 2 fully saturated rings. The molecule has 178 valence electrons. The number of rotatable bonds is 5. The van der Waals surface area contributed by atoms with Crippen LogP contribution in [0.1, 0.15) is 48.0 Å². The van der Waals surface area contributed by atoms with E-state index in [2.05, 4.69) is 5.10 Å². The first kappa shape index (κ1) is 22.8. The number of hydrogen-bond donors (Lipinski definition) is 1. The second kappa shape index (κ2) is 9.00.